The topological polar surface area (TPSA) is 3.24 Å². The Labute approximate surface area is 84.7 Å². The third-order valence-electron chi connectivity index (χ3n) is 2.28. The highest BCUT2D eigenvalue weighted by Crippen LogP contribution is 2.23. The van der Waals surface area contributed by atoms with Crippen molar-refractivity contribution in [1.29, 1.82) is 0 Å². The maximum atomic E-state index is 3.93. The molecule has 0 saturated heterocycles. The fraction of sp³-hybridized carbons (Fsp3) is 0.0769. The van der Waals surface area contributed by atoms with Crippen molar-refractivity contribution in [2.75, 3.05) is 7.05 Å². The molecule has 1 aromatic carbocycles. The van der Waals surface area contributed by atoms with Crippen LogP contribution in [0.5, 0.6) is 0 Å². The Morgan fingerprint density at radius 3 is 2.57 bits per heavy atom. The van der Waals surface area contributed by atoms with Crippen molar-refractivity contribution in [2.45, 2.75) is 0 Å². The zero-order chi connectivity index (χ0) is 9.97. The smallest absolute Gasteiger partial charge is 0.0482 e. The van der Waals surface area contributed by atoms with E-state index >= 15 is 0 Å². The maximum Gasteiger partial charge on any atom is 0.0482 e. The van der Waals surface area contributed by atoms with Gasteiger partial charge < -0.3 is 4.90 Å². The van der Waals surface area contributed by atoms with Crippen LogP contribution in [-0.2, 0) is 0 Å². The van der Waals surface area contributed by atoms with Gasteiger partial charge in [-0.3, -0.25) is 0 Å². The molecule has 0 amide bonds. The van der Waals surface area contributed by atoms with E-state index in [0.29, 0.717) is 0 Å². The molecule has 1 nitrogen and oxygen atoms in total. The summed E-state index contributed by atoms with van der Waals surface area (Å²) < 4.78 is 0. The Hall–Kier alpha value is -1.76. The maximum absolute atomic E-state index is 3.93. The minimum Gasteiger partial charge on any atom is -0.351 e. The third-order valence-corrected chi connectivity index (χ3v) is 2.28. The number of hydrogen-bond donors (Lipinski definition) is 0. The van der Waals surface area contributed by atoms with Gasteiger partial charge in [0.1, 0.15) is 0 Å². The van der Waals surface area contributed by atoms with Crippen LogP contribution in [0.2, 0.25) is 0 Å². The number of benzene rings is 1. The number of allylic oxidation sites excluding steroid dienone is 3. The van der Waals surface area contributed by atoms with Crippen LogP contribution in [0.25, 0.3) is 5.70 Å². The van der Waals surface area contributed by atoms with Crippen molar-refractivity contribution in [1.82, 2.24) is 4.90 Å². The zero-order valence-corrected chi connectivity index (χ0v) is 8.27. The summed E-state index contributed by atoms with van der Waals surface area (Å²) in [4.78, 5) is 2.10. The summed E-state index contributed by atoms with van der Waals surface area (Å²) in [6.07, 6.45) is 6.13. The molecular weight excluding hydrogens is 170 g/mol. The van der Waals surface area contributed by atoms with Crippen LogP contribution in [0.15, 0.2) is 60.8 Å². The minimum atomic E-state index is 1.04. The molecule has 1 aliphatic heterocycles. The van der Waals surface area contributed by atoms with Crippen molar-refractivity contribution >= 4 is 5.70 Å². The molecular formula is C13H13N. The second-order valence-electron chi connectivity index (χ2n) is 3.40. The van der Waals surface area contributed by atoms with E-state index in [1.165, 1.54) is 11.3 Å². The average molecular weight is 183 g/mol. The largest absolute Gasteiger partial charge is 0.351 e. The van der Waals surface area contributed by atoms with Crippen molar-refractivity contribution in [3.05, 3.63) is 66.4 Å². The molecule has 1 heteroatoms. The van der Waals surface area contributed by atoms with Gasteiger partial charge in [-0.25, -0.2) is 0 Å². The predicted molar refractivity (Wildman–Crippen MR) is 60.5 cm³/mol. The van der Waals surface area contributed by atoms with Crippen LogP contribution in [-0.4, -0.2) is 11.9 Å². The second kappa shape index (κ2) is 3.54. The van der Waals surface area contributed by atoms with Gasteiger partial charge in [-0.05, 0) is 23.3 Å². The summed E-state index contributed by atoms with van der Waals surface area (Å²) in [7, 11) is 2.04. The average Bonchev–Trinajstić information content (AvgIpc) is 2.23. The van der Waals surface area contributed by atoms with Crippen LogP contribution in [0, 0.1) is 0 Å². The van der Waals surface area contributed by atoms with Crippen LogP contribution in [0.4, 0.5) is 0 Å². The highest BCUT2D eigenvalue weighted by atomic mass is 15.1. The standard InChI is InChI=1S/C13H13N/c1-11-8-9-14(2)13(10-11)12-6-4-3-5-7-12/h3-10H,1H2,2H3. The molecule has 0 atom stereocenters. The molecule has 0 unspecified atom stereocenters. The van der Waals surface area contributed by atoms with Crippen LogP contribution in [0.3, 0.4) is 0 Å². The second-order valence-corrected chi connectivity index (χ2v) is 3.40. The molecule has 1 heterocycles. The molecule has 0 fully saturated rings. The zero-order valence-electron chi connectivity index (χ0n) is 8.27. The van der Waals surface area contributed by atoms with Crippen LogP contribution >= 0.6 is 0 Å². The summed E-state index contributed by atoms with van der Waals surface area (Å²) in [5.41, 5.74) is 3.46. The first-order valence-corrected chi connectivity index (χ1v) is 4.64. The Balaban J connectivity index is 2.39. The monoisotopic (exact) mass is 183 g/mol. The van der Waals surface area contributed by atoms with Gasteiger partial charge in [-0.2, -0.15) is 0 Å². The Morgan fingerprint density at radius 1 is 1.14 bits per heavy atom. The van der Waals surface area contributed by atoms with E-state index in [-0.39, 0.29) is 0 Å². The van der Waals surface area contributed by atoms with Gasteiger partial charge in [0.25, 0.3) is 0 Å². The fourth-order valence-corrected chi connectivity index (χ4v) is 1.51. The van der Waals surface area contributed by atoms with E-state index in [4.69, 9.17) is 0 Å². The SMILES string of the molecule is C=C1C=CN(C)C(c2ccccc2)=C1. The molecule has 70 valence electrons. The summed E-state index contributed by atoms with van der Waals surface area (Å²) in [5.74, 6) is 0. The molecule has 0 saturated carbocycles. The third kappa shape index (κ3) is 1.62. The summed E-state index contributed by atoms with van der Waals surface area (Å²) >= 11 is 0. The minimum absolute atomic E-state index is 1.04. The lowest BCUT2D eigenvalue weighted by atomic mass is 10.1. The number of nitrogens with zero attached hydrogens (tertiary/aromatic N) is 1. The highest BCUT2D eigenvalue weighted by molar-refractivity contribution is 5.69. The first-order chi connectivity index (χ1) is 6.77. The normalized spacial score (nSPS) is 15.6. The van der Waals surface area contributed by atoms with Gasteiger partial charge in [0.05, 0.1) is 0 Å². The van der Waals surface area contributed by atoms with Crippen LogP contribution < -0.4 is 0 Å². The lowest BCUT2D eigenvalue weighted by Crippen LogP contribution is -2.11. The van der Waals surface area contributed by atoms with Gasteiger partial charge in [0, 0.05) is 18.9 Å². The van der Waals surface area contributed by atoms with Gasteiger partial charge in [-0.1, -0.05) is 36.9 Å². The Kier molecular flexibility index (Phi) is 2.23. The molecule has 1 aromatic rings. The molecule has 0 bridgehead atoms. The van der Waals surface area contributed by atoms with Gasteiger partial charge >= 0.3 is 0 Å². The molecule has 2 rings (SSSR count). The molecule has 0 aromatic heterocycles. The van der Waals surface area contributed by atoms with E-state index < -0.39 is 0 Å². The molecule has 14 heavy (non-hydrogen) atoms. The first-order valence-electron chi connectivity index (χ1n) is 4.64. The molecule has 0 radical (unpaired) electrons. The van der Waals surface area contributed by atoms with Crippen molar-refractivity contribution in [3.8, 4) is 0 Å². The van der Waals surface area contributed by atoms with E-state index in [1.54, 1.807) is 0 Å². The summed E-state index contributed by atoms with van der Waals surface area (Å²) in [5, 5.41) is 0. The molecule has 0 spiro atoms. The number of rotatable bonds is 1. The predicted octanol–water partition coefficient (Wildman–Crippen LogP) is 3.04. The van der Waals surface area contributed by atoms with E-state index in [0.717, 1.165) is 5.57 Å². The van der Waals surface area contributed by atoms with Gasteiger partial charge in [0.15, 0.2) is 0 Å². The number of hydrogen-bond acceptors (Lipinski definition) is 1. The van der Waals surface area contributed by atoms with Crippen LogP contribution in [0.1, 0.15) is 5.56 Å². The summed E-state index contributed by atoms with van der Waals surface area (Å²) in [6.45, 7) is 3.93. The molecule has 0 N–H and O–H groups in total. The van der Waals surface area contributed by atoms with E-state index in [2.05, 4.69) is 29.7 Å². The lowest BCUT2D eigenvalue weighted by molar-refractivity contribution is 0.649. The van der Waals surface area contributed by atoms with Crippen molar-refractivity contribution in [3.63, 3.8) is 0 Å². The fourth-order valence-electron chi connectivity index (χ4n) is 1.51. The highest BCUT2D eigenvalue weighted by Gasteiger charge is 2.07. The molecule has 1 aliphatic rings. The van der Waals surface area contributed by atoms with E-state index in [1.807, 2.05) is 37.5 Å². The van der Waals surface area contributed by atoms with Gasteiger partial charge in [0.2, 0.25) is 0 Å². The molecule has 0 aliphatic carbocycles. The van der Waals surface area contributed by atoms with Crippen molar-refractivity contribution < 1.29 is 0 Å². The Morgan fingerprint density at radius 2 is 1.86 bits per heavy atom. The lowest BCUT2D eigenvalue weighted by Gasteiger charge is -2.22. The van der Waals surface area contributed by atoms with E-state index in [9.17, 15) is 0 Å². The summed E-state index contributed by atoms with van der Waals surface area (Å²) in [6, 6.07) is 10.3. The quantitative estimate of drug-likeness (QED) is 0.646. The first kappa shape index (κ1) is 8.82. The van der Waals surface area contributed by atoms with Crippen molar-refractivity contribution in [2.24, 2.45) is 0 Å². The Bertz CT molecular complexity index is 399. The van der Waals surface area contributed by atoms with Gasteiger partial charge in [-0.15, -0.1) is 0 Å².